The summed E-state index contributed by atoms with van der Waals surface area (Å²) in [5, 5.41) is 17.3. The van der Waals surface area contributed by atoms with Gasteiger partial charge in [-0.2, -0.15) is 5.26 Å². The van der Waals surface area contributed by atoms with Gasteiger partial charge >= 0.3 is 0 Å². The highest BCUT2D eigenvalue weighted by Crippen LogP contribution is 2.37. The van der Waals surface area contributed by atoms with Gasteiger partial charge in [0.1, 0.15) is 12.3 Å². The van der Waals surface area contributed by atoms with Crippen LogP contribution in [0.1, 0.15) is 43.2 Å². The highest BCUT2D eigenvalue weighted by molar-refractivity contribution is 5.96. The van der Waals surface area contributed by atoms with E-state index in [1.807, 2.05) is 24.4 Å². The standard InChI is InChI=1S/C22H25N5O2/c1-22(2,3)15-10-16(25-21(28)18-7-9-29-26-18)13-27(12-15)19-5-4-14(11-23)20-17(19)6-8-24-20/h4-9,15-16,24H,10,12-13H2,1-3H3,(H,25,28)/t15-,16+/m0/s1. The zero-order valence-corrected chi connectivity index (χ0v) is 16.9. The lowest BCUT2D eigenvalue weighted by Gasteiger charge is -2.44. The van der Waals surface area contributed by atoms with Crippen LogP contribution in [0.25, 0.3) is 10.9 Å². The molecule has 2 atom stereocenters. The van der Waals surface area contributed by atoms with Gasteiger partial charge in [-0.1, -0.05) is 25.9 Å². The molecule has 2 aromatic heterocycles. The van der Waals surface area contributed by atoms with Crippen LogP contribution in [-0.4, -0.2) is 35.2 Å². The first-order valence-corrected chi connectivity index (χ1v) is 9.83. The second kappa shape index (κ2) is 7.28. The maximum atomic E-state index is 12.5. The number of anilines is 1. The zero-order valence-electron chi connectivity index (χ0n) is 16.9. The molecule has 1 amide bonds. The monoisotopic (exact) mass is 391 g/mol. The van der Waals surface area contributed by atoms with Crippen molar-refractivity contribution in [1.29, 1.82) is 5.26 Å². The average Bonchev–Trinajstić information content (AvgIpc) is 3.38. The molecule has 7 heteroatoms. The molecule has 150 valence electrons. The van der Waals surface area contributed by atoms with Crippen molar-refractivity contribution in [3.63, 3.8) is 0 Å². The van der Waals surface area contributed by atoms with Crippen molar-refractivity contribution in [1.82, 2.24) is 15.5 Å². The summed E-state index contributed by atoms with van der Waals surface area (Å²) in [5.41, 5.74) is 2.95. The van der Waals surface area contributed by atoms with Crippen LogP contribution in [0.4, 0.5) is 5.69 Å². The van der Waals surface area contributed by atoms with Gasteiger partial charge in [0.05, 0.1) is 11.1 Å². The highest BCUT2D eigenvalue weighted by Gasteiger charge is 2.35. The first-order chi connectivity index (χ1) is 13.9. The van der Waals surface area contributed by atoms with E-state index in [2.05, 4.69) is 47.2 Å². The number of fused-ring (bicyclic) bond motifs is 1. The van der Waals surface area contributed by atoms with Gasteiger partial charge in [0.15, 0.2) is 5.69 Å². The highest BCUT2D eigenvalue weighted by atomic mass is 16.5. The van der Waals surface area contributed by atoms with Gasteiger partial charge in [-0.3, -0.25) is 4.79 Å². The molecule has 1 fully saturated rings. The van der Waals surface area contributed by atoms with E-state index in [9.17, 15) is 10.1 Å². The Morgan fingerprint density at radius 2 is 2.14 bits per heavy atom. The minimum Gasteiger partial charge on any atom is -0.369 e. The Bertz CT molecular complexity index is 1060. The van der Waals surface area contributed by atoms with E-state index in [1.54, 1.807) is 6.07 Å². The molecular formula is C22H25N5O2. The van der Waals surface area contributed by atoms with Crippen LogP contribution in [0.2, 0.25) is 0 Å². The molecule has 0 unspecified atom stereocenters. The number of carbonyl (C=O) groups is 1. The molecule has 0 bridgehead atoms. The molecule has 0 radical (unpaired) electrons. The Balaban J connectivity index is 1.65. The van der Waals surface area contributed by atoms with E-state index < -0.39 is 0 Å². The first-order valence-electron chi connectivity index (χ1n) is 9.83. The lowest BCUT2D eigenvalue weighted by atomic mass is 9.75. The molecule has 7 nitrogen and oxygen atoms in total. The third-order valence-corrected chi connectivity index (χ3v) is 5.84. The van der Waals surface area contributed by atoms with Gasteiger partial charge in [-0.05, 0) is 36.0 Å². The molecule has 3 aromatic rings. The van der Waals surface area contributed by atoms with Crippen molar-refractivity contribution in [2.75, 3.05) is 18.0 Å². The summed E-state index contributed by atoms with van der Waals surface area (Å²) in [4.78, 5) is 18.0. The molecule has 1 aliphatic heterocycles. The van der Waals surface area contributed by atoms with Crippen LogP contribution in [-0.2, 0) is 0 Å². The minimum absolute atomic E-state index is 0.0122. The number of benzene rings is 1. The summed E-state index contributed by atoms with van der Waals surface area (Å²) in [7, 11) is 0. The number of H-pyrrole nitrogens is 1. The number of hydrogen-bond donors (Lipinski definition) is 2. The summed E-state index contributed by atoms with van der Waals surface area (Å²) in [6.07, 6.45) is 4.17. The number of aromatic nitrogens is 2. The lowest BCUT2D eigenvalue weighted by molar-refractivity contribution is 0.0902. The number of hydrogen-bond acceptors (Lipinski definition) is 5. The van der Waals surface area contributed by atoms with Crippen molar-refractivity contribution >= 4 is 22.5 Å². The summed E-state index contributed by atoms with van der Waals surface area (Å²) in [6, 6.07) is 9.68. The quantitative estimate of drug-likeness (QED) is 0.709. The SMILES string of the molecule is CC(C)(C)[C@H]1C[C@@H](NC(=O)c2ccon2)CN(c2ccc(C#N)c3[nH]ccc23)C1. The Labute approximate surface area is 169 Å². The summed E-state index contributed by atoms with van der Waals surface area (Å²) >= 11 is 0. The number of aromatic amines is 1. The third kappa shape index (κ3) is 3.70. The number of nitrogens with one attached hydrogen (secondary N) is 2. The number of nitrogens with zero attached hydrogens (tertiary/aromatic N) is 3. The van der Waals surface area contributed by atoms with Gasteiger partial charge in [0.2, 0.25) is 0 Å². The van der Waals surface area contributed by atoms with Gasteiger partial charge < -0.3 is 19.7 Å². The fraction of sp³-hybridized carbons (Fsp3) is 0.409. The number of nitriles is 1. The van der Waals surface area contributed by atoms with Crippen molar-refractivity contribution in [3.05, 3.63) is 48.0 Å². The second-order valence-electron chi connectivity index (χ2n) is 8.77. The van der Waals surface area contributed by atoms with E-state index in [-0.39, 0.29) is 17.4 Å². The van der Waals surface area contributed by atoms with Gasteiger partial charge in [0, 0.05) is 42.5 Å². The predicted molar refractivity (Wildman–Crippen MR) is 111 cm³/mol. The Kier molecular flexibility index (Phi) is 4.79. The number of carbonyl (C=O) groups excluding carboxylic acids is 1. The topological polar surface area (TPSA) is 97.9 Å². The fourth-order valence-electron chi connectivity index (χ4n) is 4.13. The fourth-order valence-corrected chi connectivity index (χ4v) is 4.13. The molecular weight excluding hydrogens is 366 g/mol. The Morgan fingerprint density at radius 3 is 2.83 bits per heavy atom. The molecule has 1 aliphatic rings. The molecule has 0 spiro atoms. The van der Waals surface area contributed by atoms with E-state index >= 15 is 0 Å². The van der Waals surface area contributed by atoms with E-state index in [4.69, 9.17) is 4.52 Å². The number of piperidine rings is 1. The average molecular weight is 391 g/mol. The van der Waals surface area contributed by atoms with E-state index in [0.29, 0.717) is 23.7 Å². The van der Waals surface area contributed by atoms with Crippen LogP contribution < -0.4 is 10.2 Å². The van der Waals surface area contributed by atoms with E-state index in [0.717, 1.165) is 29.6 Å². The smallest absolute Gasteiger partial charge is 0.273 e. The normalized spacial score (nSPS) is 19.9. The second-order valence-corrected chi connectivity index (χ2v) is 8.77. The van der Waals surface area contributed by atoms with E-state index in [1.165, 1.54) is 6.26 Å². The summed E-state index contributed by atoms with van der Waals surface area (Å²) < 4.78 is 4.80. The third-order valence-electron chi connectivity index (χ3n) is 5.84. The summed E-state index contributed by atoms with van der Waals surface area (Å²) in [5.74, 6) is 0.174. The van der Waals surface area contributed by atoms with Gasteiger partial charge in [0.25, 0.3) is 5.91 Å². The first kappa shape index (κ1) is 19.1. The lowest BCUT2D eigenvalue weighted by Crippen LogP contribution is -2.53. The number of rotatable bonds is 3. The van der Waals surface area contributed by atoms with Gasteiger partial charge in [-0.25, -0.2) is 0 Å². The molecule has 3 heterocycles. The molecule has 2 N–H and O–H groups in total. The largest absolute Gasteiger partial charge is 0.369 e. The maximum Gasteiger partial charge on any atom is 0.273 e. The Hall–Kier alpha value is -3.27. The molecule has 1 saturated heterocycles. The number of amides is 1. The van der Waals surface area contributed by atoms with Crippen LogP contribution >= 0.6 is 0 Å². The van der Waals surface area contributed by atoms with Crippen molar-refractivity contribution in [2.24, 2.45) is 11.3 Å². The zero-order chi connectivity index (χ0) is 20.6. The van der Waals surface area contributed by atoms with Crippen molar-refractivity contribution in [2.45, 2.75) is 33.2 Å². The van der Waals surface area contributed by atoms with Crippen molar-refractivity contribution < 1.29 is 9.32 Å². The maximum absolute atomic E-state index is 12.5. The molecule has 0 aliphatic carbocycles. The van der Waals surface area contributed by atoms with Crippen molar-refractivity contribution in [3.8, 4) is 6.07 Å². The summed E-state index contributed by atoms with van der Waals surface area (Å²) in [6.45, 7) is 8.31. The van der Waals surface area contributed by atoms with Crippen LogP contribution in [0.3, 0.4) is 0 Å². The Morgan fingerprint density at radius 1 is 1.31 bits per heavy atom. The minimum atomic E-state index is -0.218. The van der Waals surface area contributed by atoms with Gasteiger partial charge in [-0.15, -0.1) is 0 Å². The predicted octanol–water partition coefficient (Wildman–Crippen LogP) is 3.70. The molecule has 29 heavy (non-hydrogen) atoms. The van der Waals surface area contributed by atoms with Crippen LogP contribution in [0, 0.1) is 22.7 Å². The van der Waals surface area contributed by atoms with Crippen LogP contribution in [0.5, 0.6) is 0 Å². The molecule has 4 rings (SSSR count). The van der Waals surface area contributed by atoms with Crippen LogP contribution in [0.15, 0.2) is 41.2 Å². The molecule has 0 saturated carbocycles. The molecule has 1 aromatic carbocycles.